The number of carbonyl (C=O) groups excluding carboxylic acids is 1. The van der Waals surface area contributed by atoms with Crippen LogP contribution in [0.2, 0.25) is 0 Å². The molecule has 1 saturated heterocycles. The molecule has 0 aromatic heterocycles. The second kappa shape index (κ2) is 6.07. The van der Waals surface area contributed by atoms with Gasteiger partial charge in [0.25, 0.3) is 0 Å². The van der Waals surface area contributed by atoms with Gasteiger partial charge in [-0.15, -0.1) is 11.8 Å². The standard InChI is InChI=1S/C13H17NO2S/c14-13(15)9-17-12-5-3-10(4-6-12)8-11-2-1-7-16-11/h3-6,11H,1-2,7-9H2,(H2,14,15)/t11-/m0/s1. The van der Waals surface area contributed by atoms with Crippen molar-refractivity contribution in [1.82, 2.24) is 0 Å². The van der Waals surface area contributed by atoms with Crippen molar-refractivity contribution in [2.24, 2.45) is 5.73 Å². The van der Waals surface area contributed by atoms with Crippen LogP contribution in [0.4, 0.5) is 0 Å². The Labute approximate surface area is 106 Å². The SMILES string of the molecule is NC(=O)CSc1ccc(C[C@@H]2CCCO2)cc1. The van der Waals surface area contributed by atoms with Crippen LogP contribution >= 0.6 is 11.8 Å². The molecule has 17 heavy (non-hydrogen) atoms. The van der Waals surface area contributed by atoms with E-state index >= 15 is 0 Å². The van der Waals surface area contributed by atoms with E-state index in [0.717, 1.165) is 24.3 Å². The van der Waals surface area contributed by atoms with Crippen LogP contribution in [-0.4, -0.2) is 24.4 Å². The first-order valence-corrected chi connectivity index (χ1v) is 6.84. The number of primary amides is 1. The summed E-state index contributed by atoms with van der Waals surface area (Å²) in [6.07, 6.45) is 3.72. The number of benzene rings is 1. The number of ether oxygens (including phenoxy) is 1. The summed E-state index contributed by atoms with van der Waals surface area (Å²) in [6.45, 7) is 0.900. The van der Waals surface area contributed by atoms with E-state index in [1.807, 2.05) is 12.1 Å². The minimum absolute atomic E-state index is 0.279. The number of hydrogen-bond donors (Lipinski definition) is 1. The van der Waals surface area contributed by atoms with E-state index in [-0.39, 0.29) is 5.91 Å². The molecule has 0 bridgehead atoms. The average molecular weight is 251 g/mol. The Morgan fingerprint density at radius 1 is 1.41 bits per heavy atom. The van der Waals surface area contributed by atoms with E-state index in [2.05, 4.69) is 12.1 Å². The monoisotopic (exact) mass is 251 g/mol. The predicted molar refractivity (Wildman–Crippen MR) is 69.0 cm³/mol. The molecule has 0 spiro atoms. The van der Waals surface area contributed by atoms with Crippen molar-refractivity contribution < 1.29 is 9.53 Å². The fourth-order valence-corrected chi connectivity index (χ4v) is 2.58. The van der Waals surface area contributed by atoms with Gasteiger partial charge >= 0.3 is 0 Å². The zero-order chi connectivity index (χ0) is 12.1. The fourth-order valence-electron chi connectivity index (χ4n) is 1.94. The molecule has 3 nitrogen and oxygen atoms in total. The third-order valence-electron chi connectivity index (χ3n) is 2.79. The summed E-state index contributed by atoms with van der Waals surface area (Å²) in [5.74, 6) is 0.0591. The molecular weight excluding hydrogens is 234 g/mol. The lowest BCUT2D eigenvalue weighted by Gasteiger charge is -2.09. The minimum Gasteiger partial charge on any atom is -0.378 e. The quantitative estimate of drug-likeness (QED) is 0.814. The zero-order valence-electron chi connectivity index (χ0n) is 9.72. The summed E-state index contributed by atoms with van der Waals surface area (Å²) in [5.41, 5.74) is 6.39. The maximum absolute atomic E-state index is 10.7. The second-order valence-electron chi connectivity index (χ2n) is 4.24. The van der Waals surface area contributed by atoms with Crippen LogP contribution in [-0.2, 0) is 16.0 Å². The highest BCUT2D eigenvalue weighted by Crippen LogP contribution is 2.21. The van der Waals surface area contributed by atoms with E-state index < -0.39 is 0 Å². The Bertz CT molecular complexity index is 372. The highest BCUT2D eigenvalue weighted by molar-refractivity contribution is 8.00. The topological polar surface area (TPSA) is 52.3 Å². The molecule has 1 aromatic carbocycles. The smallest absolute Gasteiger partial charge is 0.227 e. The first-order valence-electron chi connectivity index (χ1n) is 5.85. The Balaban J connectivity index is 1.86. The molecule has 4 heteroatoms. The van der Waals surface area contributed by atoms with Crippen LogP contribution in [0, 0.1) is 0 Å². The van der Waals surface area contributed by atoms with E-state index in [1.54, 1.807) is 0 Å². The number of carbonyl (C=O) groups is 1. The Morgan fingerprint density at radius 2 is 2.18 bits per heavy atom. The summed E-state index contributed by atoms with van der Waals surface area (Å²) in [5, 5.41) is 0. The number of rotatable bonds is 5. The fraction of sp³-hybridized carbons (Fsp3) is 0.462. The van der Waals surface area contributed by atoms with Gasteiger partial charge in [0.1, 0.15) is 0 Å². The summed E-state index contributed by atoms with van der Waals surface area (Å²) < 4.78 is 5.60. The molecule has 0 unspecified atom stereocenters. The van der Waals surface area contributed by atoms with Gasteiger partial charge < -0.3 is 10.5 Å². The molecule has 92 valence electrons. The first-order chi connectivity index (χ1) is 8.24. The molecule has 1 atom stereocenters. The van der Waals surface area contributed by atoms with Crippen LogP contribution in [0.5, 0.6) is 0 Å². The van der Waals surface area contributed by atoms with Gasteiger partial charge in [-0.3, -0.25) is 4.79 Å². The lowest BCUT2D eigenvalue weighted by atomic mass is 10.1. The highest BCUT2D eigenvalue weighted by atomic mass is 32.2. The summed E-state index contributed by atoms with van der Waals surface area (Å²) in [6, 6.07) is 8.28. The van der Waals surface area contributed by atoms with E-state index in [1.165, 1.54) is 23.7 Å². The van der Waals surface area contributed by atoms with Crippen LogP contribution < -0.4 is 5.73 Å². The van der Waals surface area contributed by atoms with Gasteiger partial charge in [-0.1, -0.05) is 12.1 Å². The molecule has 1 aromatic rings. The largest absolute Gasteiger partial charge is 0.378 e. The lowest BCUT2D eigenvalue weighted by Crippen LogP contribution is -2.12. The molecule has 2 rings (SSSR count). The number of nitrogens with two attached hydrogens (primary N) is 1. The molecule has 1 heterocycles. The molecule has 0 radical (unpaired) electrons. The molecule has 0 saturated carbocycles. The second-order valence-corrected chi connectivity index (χ2v) is 5.29. The third-order valence-corrected chi connectivity index (χ3v) is 3.83. The van der Waals surface area contributed by atoms with Crippen molar-refractivity contribution in [2.45, 2.75) is 30.3 Å². The maximum atomic E-state index is 10.7. The highest BCUT2D eigenvalue weighted by Gasteiger charge is 2.15. The van der Waals surface area contributed by atoms with Gasteiger partial charge in [0.05, 0.1) is 11.9 Å². The van der Waals surface area contributed by atoms with E-state index in [0.29, 0.717) is 11.9 Å². The number of amides is 1. The average Bonchev–Trinajstić information content (AvgIpc) is 2.81. The molecule has 1 amide bonds. The maximum Gasteiger partial charge on any atom is 0.227 e. The van der Waals surface area contributed by atoms with Crippen molar-refractivity contribution in [3.63, 3.8) is 0 Å². The molecule has 1 aliphatic heterocycles. The van der Waals surface area contributed by atoms with Gasteiger partial charge in [-0.05, 0) is 37.0 Å². The number of hydrogen-bond acceptors (Lipinski definition) is 3. The zero-order valence-corrected chi connectivity index (χ0v) is 10.5. The Hall–Kier alpha value is -1.00. The van der Waals surface area contributed by atoms with Gasteiger partial charge in [-0.25, -0.2) is 0 Å². The molecular formula is C13H17NO2S. The van der Waals surface area contributed by atoms with Gasteiger partial charge in [-0.2, -0.15) is 0 Å². The van der Waals surface area contributed by atoms with Gasteiger partial charge in [0.2, 0.25) is 5.91 Å². The minimum atomic E-state index is -0.279. The number of thioether (sulfide) groups is 1. The summed E-state index contributed by atoms with van der Waals surface area (Å²) in [7, 11) is 0. The predicted octanol–water partition coefficient (Wildman–Crippen LogP) is 1.99. The van der Waals surface area contributed by atoms with Crippen LogP contribution in [0.3, 0.4) is 0 Å². The lowest BCUT2D eigenvalue weighted by molar-refractivity contribution is -0.115. The van der Waals surface area contributed by atoms with Gasteiger partial charge in [0, 0.05) is 11.5 Å². The molecule has 1 aliphatic rings. The van der Waals surface area contributed by atoms with Crippen LogP contribution in [0.25, 0.3) is 0 Å². The van der Waals surface area contributed by atoms with Crippen LogP contribution in [0.1, 0.15) is 18.4 Å². The van der Waals surface area contributed by atoms with Crippen molar-refractivity contribution in [3.05, 3.63) is 29.8 Å². The van der Waals surface area contributed by atoms with Crippen molar-refractivity contribution in [2.75, 3.05) is 12.4 Å². The summed E-state index contributed by atoms with van der Waals surface area (Å²) in [4.78, 5) is 11.7. The third kappa shape index (κ3) is 4.06. The van der Waals surface area contributed by atoms with E-state index in [4.69, 9.17) is 10.5 Å². The van der Waals surface area contributed by atoms with Crippen LogP contribution in [0.15, 0.2) is 29.2 Å². The first kappa shape index (κ1) is 12.5. The molecule has 0 aliphatic carbocycles. The normalized spacial score (nSPS) is 19.4. The Morgan fingerprint density at radius 3 is 2.76 bits per heavy atom. The van der Waals surface area contributed by atoms with Crippen molar-refractivity contribution >= 4 is 17.7 Å². The van der Waals surface area contributed by atoms with Crippen molar-refractivity contribution in [1.29, 1.82) is 0 Å². The van der Waals surface area contributed by atoms with E-state index in [9.17, 15) is 4.79 Å². The molecule has 2 N–H and O–H groups in total. The van der Waals surface area contributed by atoms with Crippen molar-refractivity contribution in [3.8, 4) is 0 Å². The Kier molecular flexibility index (Phi) is 4.45. The summed E-state index contributed by atoms with van der Waals surface area (Å²) >= 11 is 1.47. The van der Waals surface area contributed by atoms with Gasteiger partial charge in [0.15, 0.2) is 0 Å². The molecule has 1 fully saturated rings.